The van der Waals surface area contributed by atoms with Crippen LogP contribution >= 0.6 is 0 Å². The van der Waals surface area contributed by atoms with E-state index in [0.29, 0.717) is 11.9 Å². The van der Waals surface area contributed by atoms with Crippen molar-refractivity contribution < 1.29 is 4.79 Å². The number of nitrogens with one attached hydrogen (secondary N) is 1. The Bertz CT molecular complexity index is 392. The minimum absolute atomic E-state index is 0.0715. The van der Waals surface area contributed by atoms with E-state index in [0.717, 1.165) is 26.2 Å². The third-order valence-corrected chi connectivity index (χ3v) is 3.12. The maximum absolute atomic E-state index is 12.1. The number of nitrogens with zero attached hydrogens (tertiary/aromatic N) is 4. The second-order valence-corrected chi connectivity index (χ2v) is 4.67. The molecule has 0 radical (unpaired) electrons. The zero-order valence-electron chi connectivity index (χ0n) is 10.6. The van der Waals surface area contributed by atoms with E-state index in [2.05, 4.69) is 33.9 Å². The van der Waals surface area contributed by atoms with Crippen molar-refractivity contribution in [1.82, 2.24) is 25.0 Å². The summed E-state index contributed by atoms with van der Waals surface area (Å²) in [6.07, 6.45) is 0. The first-order valence-corrected chi connectivity index (χ1v) is 6.00. The van der Waals surface area contributed by atoms with E-state index in [9.17, 15) is 4.79 Å². The van der Waals surface area contributed by atoms with E-state index in [1.165, 1.54) is 0 Å². The third kappa shape index (κ3) is 2.63. The van der Waals surface area contributed by atoms with Crippen LogP contribution in [0.2, 0.25) is 0 Å². The number of amides is 1. The largest absolute Gasteiger partial charge is 0.333 e. The number of aryl methyl sites for hydroxylation is 1. The van der Waals surface area contributed by atoms with Crippen LogP contribution in [-0.2, 0) is 0 Å². The standard InChI is InChI=1S/C11H19N5O/c1-8(2)15-4-6-16(7-5-15)11(17)10-12-9(3)13-14-10/h8H,4-7H2,1-3H3,(H,12,13,14). The summed E-state index contributed by atoms with van der Waals surface area (Å²) in [7, 11) is 0. The molecule has 0 aromatic carbocycles. The van der Waals surface area contributed by atoms with Crippen LogP contribution in [0.4, 0.5) is 0 Å². The van der Waals surface area contributed by atoms with Crippen molar-refractivity contribution in [3.63, 3.8) is 0 Å². The van der Waals surface area contributed by atoms with Crippen LogP contribution in [0.1, 0.15) is 30.3 Å². The Morgan fingerprint density at radius 3 is 2.41 bits per heavy atom. The van der Waals surface area contributed by atoms with Gasteiger partial charge in [0.25, 0.3) is 5.91 Å². The molecule has 0 unspecified atom stereocenters. The first kappa shape index (κ1) is 12.0. The molecule has 1 aromatic heterocycles. The molecule has 1 aliphatic heterocycles. The van der Waals surface area contributed by atoms with Crippen LogP contribution in [0.15, 0.2) is 0 Å². The van der Waals surface area contributed by atoms with Gasteiger partial charge in [-0.3, -0.25) is 14.8 Å². The molecule has 2 heterocycles. The molecule has 1 aromatic rings. The molecular weight excluding hydrogens is 218 g/mol. The van der Waals surface area contributed by atoms with Crippen LogP contribution in [0, 0.1) is 6.92 Å². The monoisotopic (exact) mass is 237 g/mol. The molecule has 0 spiro atoms. The van der Waals surface area contributed by atoms with Crippen molar-refractivity contribution in [1.29, 1.82) is 0 Å². The van der Waals surface area contributed by atoms with Crippen LogP contribution in [0.5, 0.6) is 0 Å². The van der Waals surface area contributed by atoms with Gasteiger partial charge in [-0.25, -0.2) is 4.98 Å². The van der Waals surface area contributed by atoms with E-state index in [1.54, 1.807) is 6.92 Å². The van der Waals surface area contributed by atoms with Gasteiger partial charge in [0, 0.05) is 32.2 Å². The number of hydrogen-bond donors (Lipinski definition) is 1. The lowest BCUT2D eigenvalue weighted by Crippen LogP contribution is -2.50. The topological polar surface area (TPSA) is 65.1 Å². The Kier molecular flexibility index (Phi) is 3.42. The van der Waals surface area contributed by atoms with E-state index >= 15 is 0 Å². The van der Waals surface area contributed by atoms with Gasteiger partial charge in [-0.05, 0) is 20.8 Å². The fourth-order valence-corrected chi connectivity index (χ4v) is 2.02. The number of hydrogen-bond acceptors (Lipinski definition) is 4. The van der Waals surface area contributed by atoms with E-state index in [1.807, 2.05) is 4.90 Å². The van der Waals surface area contributed by atoms with E-state index < -0.39 is 0 Å². The molecule has 17 heavy (non-hydrogen) atoms. The zero-order valence-corrected chi connectivity index (χ0v) is 10.6. The van der Waals surface area contributed by atoms with Crippen LogP contribution in [-0.4, -0.2) is 63.1 Å². The number of carbonyl (C=O) groups is 1. The summed E-state index contributed by atoms with van der Waals surface area (Å²) in [5.74, 6) is 0.882. The molecule has 1 saturated heterocycles. The molecule has 0 bridgehead atoms. The normalized spacial score (nSPS) is 17.8. The summed E-state index contributed by atoms with van der Waals surface area (Å²) in [4.78, 5) is 20.3. The first-order valence-electron chi connectivity index (χ1n) is 6.00. The van der Waals surface area contributed by atoms with Crippen molar-refractivity contribution >= 4 is 5.91 Å². The number of aromatic nitrogens is 3. The smallest absolute Gasteiger partial charge is 0.293 e. The number of rotatable bonds is 2. The van der Waals surface area contributed by atoms with Crippen molar-refractivity contribution in [2.45, 2.75) is 26.8 Å². The van der Waals surface area contributed by atoms with Crippen LogP contribution in [0.3, 0.4) is 0 Å². The predicted molar refractivity (Wildman–Crippen MR) is 63.7 cm³/mol. The summed E-state index contributed by atoms with van der Waals surface area (Å²) in [6, 6.07) is 0.540. The highest BCUT2D eigenvalue weighted by Crippen LogP contribution is 2.08. The van der Waals surface area contributed by atoms with Gasteiger partial charge in [0.15, 0.2) is 0 Å². The van der Waals surface area contributed by atoms with Gasteiger partial charge in [-0.15, -0.1) is 5.10 Å². The number of aromatic amines is 1. The lowest BCUT2D eigenvalue weighted by Gasteiger charge is -2.36. The lowest BCUT2D eigenvalue weighted by atomic mass is 10.2. The lowest BCUT2D eigenvalue weighted by molar-refractivity contribution is 0.0584. The average Bonchev–Trinajstić information content (AvgIpc) is 2.75. The van der Waals surface area contributed by atoms with Crippen LogP contribution < -0.4 is 0 Å². The molecule has 6 heteroatoms. The highest BCUT2D eigenvalue weighted by molar-refractivity contribution is 5.90. The number of carbonyl (C=O) groups excluding carboxylic acids is 1. The number of piperazine rings is 1. The van der Waals surface area contributed by atoms with Crippen molar-refractivity contribution in [3.05, 3.63) is 11.6 Å². The molecule has 1 aliphatic rings. The summed E-state index contributed by atoms with van der Waals surface area (Å²) < 4.78 is 0. The molecule has 1 fully saturated rings. The fourth-order valence-electron chi connectivity index (χ4n) is 2.02. The fraction of sp³-hybridized carbons (Fsp3) is 0.727. The zero-order chi connectivity index (χ0) is 12.4. The molecule has 0 saturated carbocycles. The summed E-state index contributed by atoms with van der Waals surface area (Å²) >= 11 is 0. The van der Waals surface area contributed by atoms with Gasteiger partial charge < -0.3 is 4.90 Å². The predicted octanol–water partition coefficient (Wildman–Crippen LogP) is 0.279. The van der Waals surface area contributed by atoms with Gasteiger partial charge in [0.2, 0.25) is 5.82 Å². The summed E-state index contributed by atoms with van der Waals surface area (Å²) in [6.45, 7) is 9.50. The first-order chi connectivity index (χ1) is 8.08. The Balaban J connectivity index is 1.95. The molecule has 0 atom stereocenters. The van der Waals surface area contributed by atoms with Gasteiger partial charge in [0.1, 0.15) is 5.82 Å². The molecule has 94 valence electrons. The van der Waals surface area contributed by atoms with Crippen molar-refractivity contribution in [2.75, 3.05) is 26.2 Å². The Labute approximate surface area is 101 Å². The molecule has 6 nitrogen and oxygen atoms in total. The van der Waals surface area contributed by atoms with Crippen LogP contribution in [0.25, 0.3) is 0 Å². The molecule has 1 N–H and O–H groups in total. The highest BCUT2D eigenvalue weighted by Gasteiger charge is 2.25. The molecule has 2 rings (SSSR count). The van der Waals surface area contributed by atoms with Gasteiger partial charge in [0.05, 0.1) is 0 Å². The second-order valence-electron chi connectivity index (χ2n) is 4.67. The SMILES string of the molecule is Cc1nc(C(=O)N2CCN(C(C)C)CC2)n[nH]1. The third-order valence-electron chi connectivity index (χ3n) is 3.12. The second kappa shape index (κ2) is 4.83. The van der Waals surface area contributed by atoms with E-state index in [-0.39, 0.29) is 11.7 Å². The quantitative estimate of drug-likeness (QED) is 0.802. The summed E-state index contributed by atoms with van der Waals surface area (Å²) in [5, 5.41) is 6.60. The number of H-pyrrole nitrogens is 1. The minimum Gasteiger partial charge on any atom is -0.333 e. The van der Waals surface area contributed by atoms with E-state index in [4.69, 9.17) is 0 Å². The van der Waals surface area contributed by atoms with Crippen molar-refractivity contribution in [2.24, 2.45) is 0 Å². The minimum atomic E-state index is -0.0715. The maximum atomic E-state index is 12.1. The Morgan fingerprint density at radius 1 is 1.29 bits per heavy atom. The average molecular weight is 237 g/mol. The van der Waals surface area contributed by atoms with Gasteiger partial charge >= 0.3 is 0 Å². The molecule has 0 aliphatic carbocycles. The molecule has 1 amide bonds. The molecular formula is C11H19N5O. The Morgan fingerprint density at radius 2 is 1.94 bits per heavy atom. The van der Waals surface area contributed by atoms with Crippen molar-refractivity contribution in [3.8, 4) is 0 Å². The summed E-state index contributed by atoms with van der Waals surface area (Å²) in [5.41, 5.74) is 0. The highest BCUT2D eigenvalue weighted by atomic mass is 16.2. The van der Waals surface area contributed by atoms with Gasteiger partial charge in [-0.1, -0.05) is 0 Å². The van der Waals surface area contributed by atoms with Gasteiger partial charge in [-0.2, -0.15) is 0 Å². The maximum Gasteiger partial charge on any atom is 0.293 e. The Hall–Kier alpha value is -1.43.